The normalized spacial score (nSPS) is 11.1. The first-order valence-electron chi connectivity index (χ1n) is 6.61. The molecule has 0 saturated carbocycles. The molecule has 102 valence electrons. The highest BCUT2D eigenvalue weighted by Gasteiger charge is 2.19. The molecule has 0 bridgehead atoms. The standard InChI is InChI=1S/C16H15NO3/c1-2-9-20-16(19)15-12-5-3-4-6-13(12)17-10-11(18)7-8-14(15)17/h3-8,10,18H,2,9H2,1H3. The second-order valence-electron chi connectivity index (χ2n) is 4.67. The Kier molecular flexibility index (Phi) is 3.06. The first-order chi connectivity index (χ1) is 9.72. The van der Waals surface area contributed by atoms with Crippen LogP contribution in [0.25, 0.3) is 16.4 Å². The van der Waals surface area contributed by atoms with Gasteiger partial charge in [0.2, 0.25) is 0 Å². The van der Waals surface area contributed by atoms with Gasteiger partial charge in [-0.3, -0.25) is 0 Å². The number of hydrogen-bond donors (Lipinski definition) is 1. The summed E-state index contributed by atoms with van der Waals surface area (Å²) in [7, 11) is 0. The maximum absolute atomic E-state index is 12.3. The minimum Gasteiger partial charge on any atom is -0.506 e. The summed E-state index contributed by atoms with van der Waals surface area (Å²) in [4.78, 5) is 12.3. The van der Waals surface area contributed by atoms with Gasteiger partial charge >= 0.3 is 5.97 Å². The van der Waals surface area contributed by atoms with Crippen molar-refractivity contribution in [2.45, 2.75) is 13.3 Å². The highest BCUT2D eigenvalue weighted by atomic mass is 16.5. The predicted molar refractivity (Wildman–Crippen MR) is 77.1 cm³/mol. The fraction of sp³-hybridized carbons (Fsp3) is 0.188. The fourth-order valence-electron chi connectivity index (χ4n) is 2.41. The summed E-state index contributed by atoms with van der Waals surface area (Å²) >= 11 is 0. The summed E-state index contributed by atoms with van der Waals surface area (Å²) in [6.07, 6.45) is 2.39. The number of carbonyl (C=O) groups is 1. The zero-order chi connectivity index (χ0) is 14.1. The summed E-state index contributed by atoms with van der Waals surface area (Å²) in [5.41, 5.74) is 2.17. The van der Waals surface area contributed by atoms with Crippen LogP contribution in [0.1, 0.15) is 23.7 Å². The number of esters is 1. The van der Waals surface area contributed by atoms with Gasteiger partial charge in [0.1, 0.15) is 5.75 Å². The van der Waals surface area contributed by atoms with Crippen LogP contribution in [0.4, 0.5) is 0 Å². The lowest BCUT2D eigenvalue weighted by molar-refractivity contribution is 0.0509. The first kappa shape index (κ1) is 12.5. The van der Waals surface area contributed by atoms with Gasteiger partial charge in [0, 0.05) is 5.39 Å². The third-order valence-electron chi connectivity index (χ3n) is 3.26. The molecular formula is C16H15NO3. The molecular weight excluding hydrogens is 254 g/mol. The highest BCUT2D eigenvalue weighted by Crippen LogP contribution is 2.28. The van der Waals surface area contributed by atoms with Crippen molar-refractivity contribution in [3.05, 3.63) is 48.2 Å². The summed E-state index contributed by atoms with van der Waals surface area (Å²) < 4.78 is 7.08. The fourth-order valence-corrected chi connectivity index (χ4v) is 2.41. The molecule has 0 saturated heterocycles. The Balaban J connectivity index is 2.29. The molecule has 0 atom stereocenters. The van der Waals surface area contributed by atoms with Crippen LogP contribution in [0.3, 0.4) is 0 Å². The van der Waals surface area contributed by atoms with Crippen LogP contribution in [-0.4, -0.2) is 22.1 Å². The summed E-state index contributed by atoms with van der Waals surface area (Å²) in [6.45, 7) is 2.36. The molecule has 1 N–H and O–H groups in total. The van der Waals surface area contributed by atoms with Crippen molar-refractivity contribution < 1.29 is 14.6 Å². The molecule has 0 amide bonds. The van der Waals surface area contributed by atoms with E-state index in [-0.39, 0.29) is 11.7 Å². The molecule has 0 unspecified atom stereocenters. The molecule has 4 heteroatoms. The van der Waals surface area contributed by atoms with E-state index in [1.165, 1.54) is 0 Å². The van der Waals surface area contributed by atoms with E-state index >= 15 is 0 Å². The number of hydrogen-bond acceptors (Lipinski definition) is 3. The molecule has 2 aromatic heterocycles. The largest absolute Gasteiger partial charge is 0.506 e. The van der Waals surface area contributed by atoms with Crippen molar-refractivity contribution in [2.24, 2.45) is 0 Å². The monoisotopic (exact) mass is 269 g/mol. The molecule has 0 spiro atoms. The summed E-state index contributed by atoms with van der Waals surface area (Å²) in [5, 5.41) is 10.5. The van der Waals surface area contributed by atoms with Crippen molar-refractivity contribution in [1.82, 2.24) is 4.40 Å². The van der Waals surface area contributed by atoms with Gasteiger partial charge in [0.25, 0.3) is 0 Å². The predicted octanol–water partition coefficient (Wildman–Crippen LogP) is 3.36. The van der Waals surface area contributed by atoms with Gasteiger partial charge in [-0.2, -0.15) is 0 Å². The number of fused-ring (bicyclic) bond motifs is 3. The van der Waals surface area contributed by atoms with Gasteiger partial charge < -0.3 is 14.2 Å². The van der Waals surface area contributed by atoms with Crippen molar-refractivity contribution in [3.63, 3.8) is 0 Å². The number of rotatable bonds is 3. The number of aromatic nitrogens is 1. The SMILES string of the molecule is CCCOC(=O)c1c2ccccc2n2cc(O)ccc12. The van der Waals surface area contributed by atoms with Gasteiger partial charge in [0.05, 0.1) is 29.4 Å². The molecule has 0 aliphatic heterocycles. The molecule has 1 aromatic carbocycles. The Hall–Kier alpha value is -2.49. The smallest absolute Gasteiger partial charge is 0.340 e. The molecule has 0 radical (unpaired) electrons. The van der Waals surface area contributed by atoms with Crippen LogP contribution in [-0.2, 0) is 4.74 Å². The van der Waals surface area contributed by atoms with E-state index in [4.69, 9.17) is 4.74 Å². The Morgan fingerprint density at radius 1 is 1.20 bits per heavy atom. The molecule has 4 nitrogen and oxygen atoms in total. The van der Waals surface area contributed by atoms with Crippen LogP contribution >= 0.6 is 0 Å². The molecule has 3 aromatic rings. The lowest BCUT2D eigenvalue weighted by atomic mass is 10.1. The van der Waals surface area contributed by atoms with E-state index in [9.17, 15) is 9.90 Å². The van der Waals surface area contributed by atoms with E-state index in [2.05, 4.69) is 0 Å². The first-order valence-corrected chi connectivity index (χ1v) is 6.61. The number of aromatic hydroxyl groups is 1. The topological polar surface area (TPSA) is 50.9 Å². The van der Waals surface area contributed by atoms with Gasteiger partial charge in [-0.15, -0.1) is 0 Å². The minimum atomic E-state index is -0.323. The van der Waals surface area contributed by atoms with Crippen LogP contribution in [0.5, 0.6) is 5.75 Å². The number of para-hydroxylation sites is 1. The molecule has 0 aliphatic carbocycles. The summed E-state index contributed by atoms with van der Waals surface area (Å²) in [5.74, 6) is -0.164. The number of ether oxygens (including phenoxy) is 1. The highest BCUT2D eigenvalue weighted by molar-refractivity contribution is 6.11. The Labute approximate surface area is 116 Å². The second kappa shape index (κ2) is 4.89. The number of pyridine rings is 1. The van der Waals surface area contributed by atoms with Crippen molar-refractivity contribution >= 4 is 22.4 Å². The van der Waals surface area contributed by atoms with Crippen LogP contribution in [0, 0.1) is 0 Å². The molecule has 3 rings (SSSR count). The zero-order valence-electron chi connectivity index (χ0n) is 11.2. The van der Waals surface area contributed by atoms with Crippen molar-refractivity contribution in [3.8, 4) is 5.75 Å². The van der Waals surface area contributed by atoms with Gasteiger partial charge in [-0.1, -0.05) is 25.1 Å². The van der Waals surface area contributed by atoms with E-state index in [0.29, 0.717) is 12.2 Å². The molecule has 0 fully saturated rings. The van der Waals surface area contributed by atoms with Gasteiger partial charge in [-0.25, -0.2) is 4.79 Å². The Morgan fingerprint density at radius 2 is 2.00 bits per heavy atom. The number of carbonyl (C=O) groups excluding carboxylic acids is 1. The maximum atomic E-state index is 12.3. The van der Waals surface area contributed by atoms with Gasteiger partial charge in [0.15, 0.2) is 0 Å². The maximum Gasteiger partial charge on any atom is 0.340 e. The molecule has 20 heavy (non-hydrogen) atoms. The third kappa shape index (κ3) is 1.90. The lowest BCUT2D eigenvalue weighted by Crippen LogP contribution is -2.05. The molecule has 0 aliphatic rings. The minimum absolute atomic E-state index is 0.159. The van der Waals surface area contributed by atoms with E-state index in [1.54, 1.807) is 18.3 Å². The van der Waals surface area contributed by atoms with Crippen LogP contribution in [0.2, 0.25) is 0 Å². The lowest BCUT2D eigenvalue weighted by Gasteiger charge is -2.03. The Bertz CT molecular complexity index is 789. The van der Waals surface area contributed by atoms with E-state index in [0.717, 1.165) is 22.8 Å². The van der Waals surface area contributed by atoms with Gasteiger partial charge in [-0.05, 0) is 24.6 Å². The molecule has 2 heterocycles. The average molecular weight is 269 g/mol. The van der Waals surface area contributed by atoms with Crippen molar-refractivity contribution in [2.75, 3.05) is 6.61 Å². The summed E-state index contributed by atoms with van der Waals surface area (Å²) in [6, 6.07) is 10.9. The van der Waals surface area contributed by atoms with E-state index < -0.39 is 0 Å². The quantitative estimate of drug-likeness (QED) is 0.742. The van der Waals surface area contributed by atoms with Crippen molar-refractivity contribution in [1.29, 1.82) is 0 Å². The average Bonchev–Trinajstić information content (AvgIpc) is 2.79. The number of benzene rings is 1. The number of nitrogens with zero attached hydrogens (tertiary/aromatic N) is 1. The second-order valence-corrected chi connectivity index (χ2v) is 4.67. The zero-order valence-corrected chi connectivity index (χ0v) is 11.2. The van der Waals surface area contributed by atoms with Crippen LogP contribution in [0.15, 0.2) is 42.6 Å². The Morgan fingerprint density at radius 3 is 2.80 bits per heavy atom. The van der Waals surface area contributed by atoms with E-state index in [1.807, 2.05) is 35.6 Å². The van der Waals surface area contributed by atoms with Crippen LogP contribution < -0.4 is 0 Å². The third-order valence-corrected chi connectivity index (χ3v) is 3.26.